The van der Waals surface area contributed by atoms with Crippen molar-refractivity contribution in [3.8, 4) is 0 Å². The van der Waals surface area contributed by atoms with E-state index in [0.29, 0.717) is 0 Å². The summed E-state index contributed by atoms with van der Waals surface area (Å²) in [6, 6.07) is 16.1. The SMILES string of the molecule is CCCCn1cc[n+](C)c1.CCCCn1cc[n+](C)c1.O=C([O-])c1ccccc1.O=C([O-])c1ccccc1. The van der Waals surface area contributed by atoms with Gasteiger partial charge in [-0.05, 0) is 24.0 Å². The van der Waals surface area contributed by atoms with Crippen LogP contribution in [0.1, 0.15) is 60.2 Å². The van der Waals surface area contributed by atoms with Crippen molar-refractivity contribution < 1.29 is 28.9 Å². The van der Waals surface area contributed by atoms with E-state index in [9.17, 15) is 19.8 Å². The lowest BCUT2D eigenvalue weighted by Crippen LogP contribution is -2.23. The summed E-state index contributed by atoms with van der Waals surface area (Å²) >= 11 is 0. The van der Waals surface area contributed by atoms with Crippen molar-refractivity contribution in [2.24, 2.45) is 14.1 Å². The first kappa shape index (κ1) is 31.8. The van der Waals surface area contributed by atoms with Crippen LogP contribution in [0.15, 0.2) is 98.1 Å². The maximum Gasteiger partial charge on any atom is 0.243 e. The molecule has 0 aliphatic heterocycles. The van der Waals surface area contributed by atoms with Crippen molar-refractivity contribution in [3.05, 3.63) is 109 Å². The average molecular weight is 521 g/mol. The summed E-state index contributed by atoms with van der Waals surface area (Å²) in [4.78, 5) is 20.2. The van der Waals surface area contributed by atoms with Gasteiger partial charge in [-0.2, -0.15) is 0 Å². The van der Waals surface area contributed by atoms with Crippen LogP contribution < -0.4 is 19.3 Å². The third-order valence-electron chi connectivity index (χ3n) is 5.21. The van der Waals surface area contributed by atoms with Gasteiger partial charge in [0.1, 0.15) is 24.8 Å². The molecule has 0 N–H and O–H groups in total. The Morgan fingerprint density at radius 3 is 1.21 bits per heavy atom. The Morgan fingerprint density at radius 1 is 0.658 bits per heavy atom. The maximum atomic E-state index is 10.1. The van der Waals surface area contributed by atoms with Crippen LogP contribution >= 0.6 is 0 Å². The van der Waals surface area contributed by atoms with Gasteiger partial charge >= 0.3 is 0 Å². The van der Waals surface area contributed by atoms with Crippen molar-refractivity contribution in [2.45, 2.75) is 52.6 Å². The Bertz CT molecular complexity index is 1080. The van der Waals surface area contributed by atoms with Gasteiger partial charge in [-0.25, -0.2) is 18.3 Å². The molecule has 0 aliphatic carbocycles. The number of rotatable bonds is 8. The minimum Gasteiger partial charge on any atom is -0.545 e. The van der Waals surface area contributed by atoms with Crippen LogP contribution in [0.25, 0.3) is 0 Å². The fourth-order valence-electron chi connectivity index (χ4n) is 3.10. The van der Waals surface area contributed by atoms with E-state index >= 15 is 0 Å². The number of aromatic carboxylic acids is 2. The number of carboxylic acids is 2. The molecular formula is C30H40N4O4. The summed E-state index contributed by atoms with van der Waals surface area (Å²) in [5.74, 6) is -2.26. The van der Waals surface area contributed by atoms with Crippen LogP contribution in [0.4, 0.5) is 0 Å². The Hall–Kier alpha value is -4.20. The summed E-state index contributed by atoms with van der Waals surface area (Å²) in [5.41, 5.74) is 0.440. The molecule has 4 rings (SSSR count). The number of hydrogen-bond acceptors (Lipinski definition) is 4. The van der Waals surface area contributed by atoms with Gasteiger partial charge in [0.2, 0.25) is 12.7 Å². The summed E-state index contributed by atoms with van der Waals surface area (Å²) in [5, 5.41) is 20.2. The number of aromatic nitrogens is 4. The first-order valence-corrected chi connectivity index (χ1v) is 12.8. The largest absolute Gasteiger partial charge is 0.545 e. The third kappa shape index (κ3) is 14.4. The Morgan fingerprint density at radius 2 is 1.00 bits per heavy atom. The Kier molecular flexibility index (Phi) is 15.9. The van der Waals surface area contributed by atoms with E-state index in [2.05, 4.69) is 69.6 Å². The van der Waals surface area contributed by atoms with Gasteiger partial charge in [0, 0.05) is 0 Å². The van der Waals surface area contributed by atoms with Gasteiger partial charge in [-0.1, -0.05) is 87.4 Å². The molecule has 2 heterocycles. The van der Waals surface area contributed by atoms with Gasteiger partial charge in [-0.3, -0.25) is 0 Å². The van der Waals surface area contributed by atoms with Gasteiger partial charge in [0.25, 0.3) is 0 Å². The summed E-state index contributed by atoms with van der Waals surface area (Å²) < 4.78 is 8.55. The second kappa shape index (κ2) is 19.0. The minimum atomic E-state index is -1.13. The monoisotopic (exact) mass is 520 g/mol. The number of imidazole rings is 2. The molecule has 4 aromatic rings. The average Bonchev–Trinajstić information content (AvgIpc) is 3.55. The molecule has 0 spiro atoms. The molecule has 8 heteroatoms. The van der Waals surface area contributed by atoms with E-state index in [0.717, 1.165) is 13.1 Å². The van der Waals surface area contributed by atoms with Crippen molar-refractivity contribution in [1.29, 1.82) is 0 Å². The van der Waals surface area contributed by atoms with Gasteiger partial charge in [0.05, 0.1) is 39.1 Å². The first-order chi connectivity index (χ1) is 18.3. The van der Waals surface area contributed by atoms with Crippen molar-refractivity contribution in [2.75, 3.05) is 0 Å². The lowest BCUT2D eigenvalue weighted by molar-refractivity contribution is -0.671. The molecule has 0 aliphatic rings. The van der Waals surface area contributed by atoms with Crippen molar-refractivity contribution in [3.63, 3.8) is 0 Å². The quantitative estimate of drug-likeness (QED) is 0.333. The molecule has 0 radical (unpaired) electrons. The third-order valence-corrected chi connectivity index (χ3v) is 5.21. The Labute approximate surface area is 226 Å². The highest BCUT2D eigenvalue weighted by molar-refractivity contribution is 5.85. The minimum absolute atomic E-state index is 0.220. The number of carbonyl (C=O) groups is 2. The normalized spacial score (nSPS) is 9.58. The first-order valence-electron chi connectivity index (χ1n) is 12.8. The van der Waals surface area contributed by atoms with Crippen LogP contribution in [0.3, 0.4) is 0 Å². The lowest BCUT2D eigenvalue weighted by Gasteiger charge is -1.97. The summed E-state index contributed by atoms with van der Waals surface area (Å²) in [6.07, 6.45) is 17.6. The zero-order valence-corrected chi connectivity index (χ0v) is 22.9. The molecule has 2 aromatic carbocycles. The number of carboxylic acid groups (broad SMARTS) is 2. The number of benzene rings is 2. The number of aryl methyl sites for hydroxylation is 4. The van der Waals surface area contributed by atoms with E-state index in [-0.39, 0.29) is 11.1 Å². The number of carbonyl (C=O) groups excluding carboxylic acids is 2. The second-order valence-electron chi connectivity index (χ2n) is 8.65. The highest BCUT2D eigenvalue weighted by atomic mass is 16.4. The second-order valence-corrected chi connectivity index (χ2v) is 8.65. The lowest BCUT2D eigenvalue weighted by atomic mass is 10.2. The molecule has 8 nitrogen and oxygen atoms in total. The summed E-state index contributed by atoms with van der Waals surface area (Å²) in [6.45, 7) is 6.72. The van der Waals surface area contributed by atoms with Crippen LogP contribution in [0.2, 0.25) is 0 Å². The fraction of sp³-hybridized carbons (Fsp3) is 0.333. The van der Waals surface area contributed by atoms with Gasteiger partial charge in [-0.15, -0.1) is 0 Å². The van der Waals surface area contributed by atoms with E-state index in [1.54, 1.807) is 36.4 Å². The smallest absolute Gasteiger partial charge is 0.243 e. The Balaban J connectivity index is 0.000000254. The number of hydrogen-bond donors (Lipinski definition) is 0. The van der Waals surface area contributed by atoms with E-state index < -0.39 is 11.9 Å². The number of nitrogens with zero attached hydrogens (tertiary/aromatic N) is 4. The van der Waals surface area contributed by atoms with Crippen molar-refractivity contribution in [1.82, 2.24) is 9.13 Å². The molecule has 0 amide bonds. The molecule has 204 valence electrons. The standard InChI is InChI=1S/2C8H15N2.2C7H6O2/c2*1-3-4-5-10-7-6-9(2)8-10;2*8-7(9)6-4-2-1-3-5-6/h2*6-8H,3-5H2,1-2H3;2*1-5H,(H,8,9)/q2*+1;;/p-2. The van der Waals surface area contributed by atoms with E-state index in [4.69, 9.17) is 0 Å². The van der Waals surface area contributed by atoms with E-state index in [1.807, 2.05) is 14.1 Å². The van der Waals surface area contributed by atoms with Gasteiger partial charge < -0.3 is 19.8 Å². The molecule has 0 atom stereocenters. The zero-order chi connectivity index (χ0) is 28.2. The number of unbranched alkanes of at least 4 members (excludes halogenated alkanes) is 2. The van der Waals surface area contributed by atoms with Crippen LogP contribution in [0, 0.1) is 0 Å². The molecule has 0 unspecified atom stereocenters. The molecular weight excluding hydrogens is 480 g/mol. The predicted molar refractivity (Wildman–Crippen MR) is 143 cm³/mol. The topological polar surface area (TPSA) is 97.9 Å². The van der Waals surface area contributed by atoms with Crippen LogP contribution in [-0.2, 0) is 27.2 Å². The van der Waals surface area contributed by atoms with Crippen LogP contribution in [-0.4, -0.2) is 21.1 Å². The molecule has 0 fully saturated rings. The highest BCUT2D eigenvalue weighted by Crippen LogP contribution is 1.95. The highest BCUT2D eigenvalue weighted by Gasteiger charge is 1.97. The molecule has 0 bridgehead atoms. The van der Waals surface area contributed by atoms with Gasteiger partial charge in [0.15, 0.2) is 0 Å². The maximum absolute atomic E-state index is 10.1. The molecule has 38 heavy (non-hydrogen) atoms. The van der Waals surface area contributed by atoms with Crippen molar-refractivity contribution >= 4 is 11.9 Å². The van der Waals surface area contributed by atoms with Crippen LogP contribution in [0.5, 0.6) is 0 Å². The fourth-order valence-corrected chi connectivity index (χ4v) is 3.10. The molecule has 0 saturated carbocycles. The molecule has 0 saturated heterocycles. The predicted octanol–water partition coefficient (Wildman–Crippen LogP) is 2.33. The molecule has 2 aromatic heterocycles. The zero-order valence-electron chi connectivity index (χ0n) is 22.9. The van der Waals surface area contributed by atoms with E-state index in [1.165, 1.54) is 49.9 Å². The summed E-state index contributed by atoms with van der Waals surface area (Å²) in [7, 11) is 4.09.